The SMILES string of the molecule is Cc1cc(O)c(-c2n[nH]c3c2C(c2ccccc2)N(C2CCS(=O)(=O)C2)C3=O)cc1C. The number of aryl methyl sites for hydroxylation is 2. The summed E-state index contributed by atoms with van der Waals surface area (Å²) in [5, 5.41) is 17.9. The van der Waals surface area contributed by atoms with Crippen LogP contribution in [-0.2, 0) is 9.84 Å². The molecule has 1 fully saturated rings. The second-order valence-electron chi connectivity index (χ2n) is 8.40. The molecule has 1 saturated heterocycles. The Kier molecular flexibility index (Phi) is 4.44. The van der Waals surface area contributed by atoms with E-state index in [1.807, 2.05) is 50.2 Å². The molecule has 7 nitrogen and oxygen atoms in total. The summed E-state index contributed by atoms with van der Waals surface area (Å²) in [6, 6.07) is 12.3. The maximum Gasteiger partial charge on any atom is 0.273 e. The molecule has 2 aliphatic heterocycles. The van der Waals surface area contributed by atoms with E-state index in [1.165, 1.54) is 0 Å². The highest BCUT2D eigenvalue weighted by molar-refractivity contribution is 7.91. The second kappa shape index (κ2) is 6.95. The first-order chi connectivity index (χ1) is 14.8. The average Bonchev–Trinajstić information content (AvgIpc) is 3.39. The molecule has 0 bridgehead atoms. The van der Waals surface area contributed by atoms with Crippen molar-refractivity contribution in [3.63, 3.8) is 0 Å². The Morgan fingerprint density at radius 2 is 1.84 bits per heavy atom. The summed E-state index contributed by atoms with van der Waals surface area (Å²) in [5.41, 5.74) is 4.94. The molecule has 2 aliphatic rings. The van der Waals surface area contributed by atoms with Crippen molar-refractivity contribution in [3.05, 3.63) is 70.4 Å². The molecule has 3 heterocycles. The maximum atomic E-state index is 13.4. The number of hydrogen-bond acceptors (Lipinski definition) is 5. The molecule has 8 heteroatoms. The van der Waals surface area contributed by atoms with Gasteiger partial charge in [-0.05, 0) is 49.1 Å². The first kappa shape index (κ1) is 19.8. The van der Waals surface area contributed by atoms with E-state index in [0.717, 1.165) is 16.7 Å². The molecule has 160 valence electrons. The molecular formula is C23H23N3O4S. The smallest absolute Gasteiger partial charge is 0.273 e. The first-order valence-electron chi connectivity index (χ1n) is 10.2. The standard InChI is InChI=1S/C23H23N3O4S/c1-13-10-17(18(27)11-14(13)2)20-19-21(25-24-20)23(28)26(16-8-9-31(29,30)12-16)22(19)15-6-4-3-5-7-15/h3-7,10-11,16,22,27H,8-9,12H2,1-2H3,(H,24,25). The van der Waals surface area contributed by atoms with Gasteiger partial charge in [0, 0.05) is 17.2 Å². The number of aromatic amines is 1. The molecule has 2 unspecified atom stereocenters. The molecule has 2 N–H and O–H groups in total. The zero-order chi connectivity index (χ0) is 21.9. The lowest BCUT2D eigenvalue weighted by atomic mass is 9.94. The van der Waals surface area contributed by atoms with Gasteiger partial charge in [-0.3, -0.25) is 9.89 Å². The summed E-state index contributed by atoms with van der Waals surface area (Å²) in [6.45, 7) is 3.88. The number of fused-ring (bicyclic) bond motifs is 1. The molecule has 31 heavy (non-hydrogen) atoms. The number of nitrogens with one attached hydrogen (secondary N) is 1. The van der Waals surface area contributed by atoms with Gasteiger partial charge in [-0.1, -0.05) is 30.3 Å². The van der Waals surface area contributed by atoms with Crippen LogP contribution in [0.3, 0.4) is 0 Å². The molecule has 2 atom stereocenters. The second-order valence-corrected chi connectivity index (χ2v) is 10.6. The fourth-order valence-electron chi connectivity index (χ4n) is 4.70. The molecule has 1 amide bonds. The third-order valence-corrected chi connectivity index (χ3v) is 8.14. The number of amides is 1. The number of phenolic OH excluding ortho intramolecular Hbond substituents is 1. The topological polar surface area (TPSA) is 103 Å². The van der Waals surface area contributed by atoms with Gasteiger partial charge in [0.25, 0.3) is 5.91 Å². The van der Waals surface area contributed by atoms with Crippen LogP contribution in [0, 0.1) is 13.8 Å². The summed E-state index contributed by atoms with van der Waals surface area (Å²) in [7, 11) is -3.17. The van der Waals surface area contributed by atoms with Crippen LogP contribution in [0.2, 0.25) is 0 Å². The van der Waals surface area contributed by atoms with Crippen molar-refractivity contribution in [1.82, 2.24) is 15.1 Å². The highest BCUT2D eigenvalue weighted by atomic mass is 32.2. The number of carbonyl (C=O) groups is 1. The van der Waals surface area contributed by atoms with Gasteiger partial charge >= 0.3 is 0 Å². The van der Waals surface area contributed by atoms with E-state index in [-0.39, 0.29) is 23.2 Å². The number of sulfone groups is 1. The van der Waals surface area contributed by atoms with Gasteiger partial charge < -0.3 is 10.0 Å². The quantitative estimate of drug-likeness (QED) is 0.655. The van der Waals surface area contributed by atoms with Crippen molar-refractivity contribution >= 4 is 15.7 Å². The van der Waals surface area contributed by atoms with Crippen molar-refractivity contribution < 1.29 is 18.3 Å². The van der Waals surface area contributed by atoms with Crippen LogP contribution in [0.4, 0.5) is 0 Å². The minimum atomic E-state index is -3.17. The Balaban J connectivity index is 1.70. The van der Waals surface area contributed by atoms with Gasteiger partial charge in [-0.15, -0.1) is 0 Å². The lowest BCUT2D eigenvalue weighted by Gasteiger charge is -2.31. The minimum Gasteiger partial charge on any atom is -0.507 e. The van der Waals surface area contributed by atoms with Crippen molar-refractivity contribution in [3.8, 4) is 17.0 Å². The highest BCUT2D eigenvalue weighted by Crippen LogP contribution is 2.46. The number of phenols is 1. The maximum absolute atomic E-state index is 13.4. The third kappa shape index (κ3) is 3.13. The molecule has 3 aromatic rings. The number of hydrogen-bond donors (Lipinski definition) is 2. The lowest BCUT2D eigenvalue weighted by molar-refractivity contribution is 0.0678. The molecule has 1 aromatic heterocycles. The summed E-state index contributed by atoms with van der Waals surface area (Å²) in [6.07, 6.45) is 0.416. The largest absolute Gasteiger partial charge is 0.507 e. The number of rotatable bonds is 3. The molecule has 0 aliphatic carbocycles. The Morgan fingerprint density at radius 1 is 1.13 bits per heavy atom. The van der Waals surface area contributed by atoms with E-state index in [2.05, 4.69) is 10.2 Å². The van der Waals surface area contributed by atoms with Crippen LogP contribution in [-0.4, -0.2) is 52.1 Å². The van der Waals surface area contributed by atoms with E-state index in [4.69, 9.17) is 0 Å². The third-order valence-electron chi connectivity index (χ3n) is 6.39. The van der Waals surface area contributed by atoms with E-state index >= 15 is 0 Å². The number of aromatic hydroxyl groups is 1. The predicted octanol–water partition coefficient (Wildman–Crippen LogP) is 3.13. The van der Waals surface area contributed by atoms with Crippen LogP contribution in [0.25, 0.3) is 11.3 Å². The van der Waals surface area contributed by atoms with Crippen LogP contribution < -0.4 is 0 Å². The van der Waals surface area contributed by atoms with Gasteiger partial charge in [0.2, 0.25) is 0 Å². The molecule has 5 rings (SSSR count). The molecule has 2 aromatic carbocycles. The number of aromatic nitrogens is 2. The van der Waals surface area contributed by atoms with Crippen molar-refractivity contribution in [2.24, 2.45) is 0 Å². The zero-order valence-corrected chi connectivity index (χ0v) is 18.1. The summed E-state index contributed by atoms with van der Waals surface area (Å²) < 4.78 is 24.3. The predicted molar refractivity (Wildman–Crippen MR) is 117 cm³/mol. The Morgan fingerprint density at radius 3 is 2.52 bits per heavy atom. The fourth-order valence-corrected chi connectivity index (χ4v) is 6.41. The first-order valence-corrected chi connectivity index (χ1v) is 12.1. The highest BCUT2D eigenvalue weighted by Gasteiger charge is 2.48. The van der Waals surface area contributed by atoms with E-state index in [0.29, 0.717) is 28.9 Å². The normalized spacial score (nSPS) is 22.1. The van der Waals surface area contributed by atoms with Gasteiger partial charge in [-0.25, -0.2) is 8.42 Å². The Bertz CT molecular complexity index is 1300. The number of nitrogens with zero attached hydrogens (tertiary/aromatic N) is 2. The van der Waals surface area contributed by atoms with Gasteiger partial charge in [0.05, 0.1) is 17.5 Å². The lowest BCUT2D eigenvalue weighted by Crippen LogP contribution is -2.40. The van der Waals surface area contributed by atoms with E-state index in [1.54, 1.807) is 11.0 Å². The molecule has 0 radical (unpaired) electrons. The van der Waals surface area contributed by atoms with E-state index in [9.17, 15) is 18.3 Å². The summed E-state index contributed by atoms with van der Waals surface area (Å²) in [5.74, 6) is -0.115. The molecule has 0 spiro atoms. The summed E-state index contributed by atoms with van der Waals surface area (Å²) in [4.78, 5) is 15.1. The van der Waals surface area contributed by atoms with Crippen LogP contribution in [0.15, 0.2) is 42.5 Å². The average molecular weight is 438 g/mol. The number of benzene rings is 2. The van der Waals surface area contributed by atoms with Crippen LogP contribution >= 0.6 is 0 Å². The van der Waals surface area contributed by atoms with Gasteiger partial charge in [0.15, 0.2) is 9.84 Å². The zero-order valence-electron chi connectivity index (χ0n) is 17.3. The minimum absolute atomic E-state index is 0.0377. The van der Waals surface area contributed by atoms with Crippen molar-refractivity contribution in [2.75, 3.05) is 11.5 Å². The van der Waals surface area contributed by atoms with E-state index < -0.39 is 21.9 Å². The van der Waals surface area contributed by atoms with Gasteiger partial charge in [-0.2, -0.15) is 5.10 Å². The van der Waals surface area contributed by atoms with Gasteiger partial charge in [0.1, 0.15) is 17.1 Å². The van der Waals surface area contributed by atoms with Crippen molar-refractivity contribution in [2.45, 2.75) is 32.4 Å². The molecule has 0 saturated carbocycles. The monoisotopic (exact) mass is 437 g/mol. The fraction of sp³-hybridized carbons (Fsp3) is 0.304. The van der Waals surface area contributed by atoms with Crippen molar-refractivity contribution in [1.29, 1.82) is 0 Å². The Hall–Kier alpha value is -3.13. The number of H-pyrrole nitrogens is 1. The van der Waals surface area contributed by atoms with Crippen LogP contribution in [0.1, 0.15) is 45.2 Å². The Labute approximate surface area is 180 Å². The molecular weight excluding hydrogens is 414 g/mol. The number of carbonyl (C=O) groups excluding carboxylic acids is 1. The van der Waals surface area contributed by atoms with Crippen LogP contribution in [0.5, 0.6) is 5.75 Å². The summed E-state index contributed by atoms with van der Waals surface area (Å²) >= 11 is 0.